The van der Waals surface area contributed by atoms with Crippen LogP contribution in [0.5, 0.6) is 0 Å². The Morgan fingerprint density at radius 3 is 3.00 bits per heavy atom. The quantitative estimate of drug-likeness (QED) is 0.676. The predicted molar refractivity (Wildman–Crippen MR) is 53.6 cm³/mol. The highest BCUT2D eigenvalue weighted by Crippen LogP contribution is 1.94. The molecule has 0 fully saturated rings. The summed E-state index contributed by atoms with van der Waals surface area (Å²) in [6.07, 6.45) is 1.71. The molecule has 0 atom stereocenters. The number of amides is 1. The van der Waals surface area contributed by atoms with E-state index < -0.39 is 0 Å². The smallest absolute Gasteiger partial charge is 0.234 e. The molecule has 0 aliphatic rings. The van der Waals surface area contributed by atoms with Crippen molar-refractivity contribution in [3.8, 4) is 0 Å². The summed E-state index contributed by atoms with van der Waals surface area (Å²) in [7, 11) is 1.85. The first kappa shape index (κ1) is 10.7. The van der Waals surface area contributed by atoms with Gasteiger partial charge in [-0.2, -0.15) is 5.10 Å². The van der Waals surface area contributed by atoms with Crippen LogP contribution in [0.25, 0.3) is 0 Å². The van der Waals surface area contributed by atoms with E-state index >= 15 is 0 Å². The van der Waals surface area contributed by atoms with E-state index in [9.17, 15) is 4.79 Å². The Hall–Kier alpha value is -1.36. The van der Waals surface area contributed by atoms with Gasteiger partial charge in [-0.05, 0) is 12.6 Å². The molecule has 1 aromatic heterocycles. The SMILES string of the molecule is CCNCC(=O)NCc1ccnn1C. The second kappa shape index (κ2) is 5.39. The Balaban J connectivity index is 2.27. The summed E-state index contributed by atoms with van der Waals surface area (Å²) in [6.45, 7) is 3.67. The minimum Gasteiger partial charge on any atom is -0.349 e. The molecule has 0 saturated heterocycles. The van der Waals surface area contributed by atoms with Crippen LogP contribution in [0.1, 0.15) is 12.6 Å². The molecule has 0 unspecified atom stereocenters. The molecular formula is C9H16N4O. The molecule has 0 aliphatic heterocycles. The Bertz CT molecular complexity index is 295. The summed E-state index contributed by atoms with van der Waals surface area (Å²) >= 11 is 0. The average molecular weight is 196 g/mol. The lowest BCUT2D eigenvalue weighted by Crippen LogP contribution is -2.33. The van der Waals surface area contributed by atoms with Gasteiger partial charge in [0.05, 0.1) is 18.8 Å². The summed E-state index contributed by atoms with van der Waals surface area (Å²) in [5.41, 5.74) is 0.995. The van der Waals surface area contributed by atoms with E-state index in [1.165, 1.54) is 0 Å². The van der Waals surface area contributed by atoms with Gasteiger partial charge in [0.25, 0.3) is 0 Å². The van der Waals surface area contributed by atoms with Gasteiger partial charge in [-0.1, -0.05) is 6.92 Å². The van der Waals surface area contributed by atoms with Crippen LogP contribution in [0.4, 0.5) is 0 Å². The third kappa shape index (κ3) is 3.18. The van der Waals surface area contributed by atoms with Crippen LogP contribution in [0, 0.1) is 0 Å². The van der Waals surface area contributed by atoms with Crippen molar-refractivity contribution in [1.82, 2.24) is 20.4 Å². The van der Waals surface area contributed by atoms with Crippen LogP contribution in [-0.2, 0) is 18.4 Å². The summed E-state index contributed by atoms with van der Waals surface area (Å²) in [5, 5.41) is 9.76. The first-order valence-corrected chi connectivity index (χ1v) is 4.68. The van der Waals surface area contributed by atoms with Gasteiger partial charge in [0.2, 0.25) is 5.91 Å². The van der Waals surface area contributed by atoms with Crippen LogP contribution >= 0.6 is 0 Å². The highest BCUT2D eigenvalue weighted by atomic mass is 16.1. The molecule has 2 N–H and O–H groups in total. The predicted octanol–water partition coefficient (Wildman–Crippen LogP) is -0.354. The fourth-order valence-electron chi connectivity index (χ4n) is 1.06. The minimum absolute atomic E-state index is 0.00745. The number of aryl methyl sites for hydroxylation is 1. The standard InChI is InChI=1S/C9H16N4O/c1-3-10-7-9(14)11-6-8-4-5-12-13(8)2/h4-5,10H,3,6-7H2,1-2H3,(H,11,14). The van der Waals surface area contributed by atoms with E-state index in [2.05, 4.69) is 15.7 Å². The molecule has 14 heavy (non-hydrogen) atoms. The van der Waals surface area contributed by atoms with E-state index in [4.69, 9.17) is 0 Å². The van der Waals surface area contributed by atoms with Gasteiger partial charge in [-0.25, -0.2) is 0 Å². The van der Waals surface area contributed by atoms with Crippen molar-refractivity contribution in [3.05, 3.63) is 18.0 Å². The number of nitrogens with one attached hydrogen (secondary N) is 2. The van der Waals surface area contributed by atoms with Crippen molar-refractivity contribution >= 4 is 5.91 Å². The lowest BCUT2D eigenvalue weighted by atomic mass is 10.4. The number of hydrogen-bond donors (Lipinski definition) is 2. The zero-order valence-electron chi connectivity index (χ0n) is 8.58. The largest absolute Gasteiger partial charge is 0.349 e. The molecular weight excluding hydrogens is 180 g/mol. The number of rotatable bonds is 5. The van der Waals surface area contributed by atoms with Gasteiger partial charge in [0.15, 0.2) is 0 Å². The van der Waals surface area contributed by atoms with Crippen molar-refractivity contribution in [2.75, 3.05) is 13.1 Å². The number of hydrogen-bond acceptors (Lipinski definition) is 3. The summed E-state index contributed by atoms with van der Waals surface area (Å²) in [4.78, 5) is 11.2. The average Bonchev–Trinajstić information content (AvgIpc) is 2.58. The number of likely N-dealkylation sites (N-methyl/N-ethyl adjacent to an activating group) is 1. The Morgan fingerprint density at radius 1 is 1.64 bits per heavy atom. The zero-order valence-corrected chi connectivity index (χ0v) is 8.58. The molecule has 0 saturated carbocycles. The maximum atomic E-state index is 11.2. The van der Waals surface area contributed by atoms with Gasteiger partial charge in [0.1, 0.15) is 0 Å². The van der Waals surface area contributed by atoms with Crippen molar-refractivity contribution in [3.63, 3.8) is 0 Å². The van der Waals surface area contributed by atoms with Crippen LogP contribution in [0.3, 0.4) is 0 Å². The highest BCUT2D eigenvalue weighted by molar-refractivity contribution is 5.77. The molecule has 0 aliphatic carbocycles. The summed E-state index contributed by atoms with van der Waals surface area (Å²) < 4.78 is 1.74. The molecule has 1 aromatic rings. The van der Waals surface area contributed by atoms with Gasteiger partial charge < -0.3 is 10.6 Å². The molecule has 1 rings (SSSR count). The van der Waals surface area contributed by atoms with Crippen LogP contribution < -0.4 is 10.6 Å². The van der Waals surface area contributed by atoms with Gasteiger partial charge in [-0.15, -0.1) is 0 Å². The van der Waals surface area contributed by atoms with Crippen molar-refractivity contribution in [2.45, 2.75) is 13.5 Å². The molecule has 5 nitrogen and oxygen atoms in total. The van der Waals surface area contributed by atoms with Gasteiger partial charge >= 0.3 is 0 Å². The van der Waals surface area contributed by atoms with E-state index in [1.807, 2.05) is 20.0 Å². The first-order valence-electron chi connectivity index (χ1n) is 4.68. The van der Waals surface area contributed by atoms with E-state index in [0.717, 1.165) is 12.2 Å². The molecule has 1 amide bonds. The third-order valence-electron chi connectivity index (χ3n) is 1.92. The molecule has 0 aromatic carbocycles. The molecule has 1 heterocycles. The number of carbonyl (C=O) groups excluding carboxylic acids is 1. The molecule has 5 heteroatoms. The van der Waals surface area contributed by atoms with Crippen molar-refractivity contribution in [2.24, 2.45) is 7.05 Å². The minimum atomic E-state index is 0.00745. The first-order chi connectivity index (χ1) is 6.74. The van der Waals surface area contributed by atoms with Gasteiger partial charge in [0, 0.05) is 13.2 Å². The number of nitrogens with zero attached hydrogens (tertiary/aromatic N) is 2. The molecule has 0 bridgehead atoms. The number of aromatic nitrogens is 2. The van der Waals surface area contributed by atoms with E-state index in [0.29, 0.717) is 13.1 Å². The monoisotopic (exact) mass is 196 g/mol. The van der Waals surface area contributed by atoms with E-state index in [-0.39, 0.29) is 5.91 Å². The normalized spacial score (nSPS) is 10.1. The maximum absolute atomic E-state index is 11.2. The lowest BCUT2D eigenvalue weighted by molar-refractivity contribution is -0.120. The third-order valence-corrected chi connectivity index (χ3v) is 1.92. The zero-order chi connectivity index (χ0) is 10.4. The summed E-state index contributed by atoms with van der Waals surface area (Å²) in [5.74, 6) is 0.00745. The van der Waals surface area contributed by atoms with E-state index in [1.54, 1.807) is 10.9 Å². The Labute approximate surface area is 83.5 Å². The molecule has 0 radical (unpaired) electrons. The molecule has 78 valence electrons. The van der Waals surface area contributed by atoms with Crippen LogP contribution in [0.2, 0.25) is 0 Å². The lowest BCUT2D eigenvalue weighted by Gasteiger charge is -2.05. The second-order valence-electron chi connectivity index (χ2n) is 3.00. The highest BCUT2D eigenvalue weighted by Gasteiger charge is 2.01. The topological polar surface area (TPSA) is 59.0 Å². The van der Waals surface area contributed by atoms with Crippen molar-refractivity contribution < 1.29 is 4.79 Å². The Morgan fingerprint density at radius 2 is 2.43 bits per heavy atom. The number of carbonyl (C=O) groups is 1. The van der Waals surface area contributed by atoms with Crippen LogP contribution in [-0.4, -0.2) is 28.8 Å². The maximum Gasteiger partial charge on any atom is 0.234 e. The Kier molecular flexibility index (Phi) is 4.12. The summed E-state index contributed by atoms with van der Waals surface area (Å²) in [6, 6.07) is 1.88. The molecule has 0 spiro atoms. The van der Waals surface area contributed by atoms with Crippen LogP contribution in [0.15, 0.2) is 12.3 Å². The fraction of sp³-hybridized carbons (Fsp3) is 0.556. The van der Waals surface area contributed by atoms with Crippen molar-refractivity contribution in [1.29, 1.82) is 0 Å². The fourth-order valence-corrected chi connectivity index (χ4v) is 1.06. The second-order valence-corrected chi connectivity index (χ2v) is 3.00. The van der Waals surface area contributed by atoms with Gasteiger partial charge in [-0.3, -0.25) is 9.48 Å².